The lowest BCUT2D eigenvalue weighted by atomic mass is 10.2. The Balaban J connectivity index is 3.34. The van der Waals surface area contributed by atoms with Crippen molar-refractivity contribution in [2.45, 2.75) is 11.8 Å². The molecule has 20 heavy (non-hydrogen) atoms. The standard InChI is InChI=1S/C11H18N6O2S/c1-7-4-5-8(15-11(14)16-10(12)13)6-9(7)20(18,19)17(2)3/h4-6H,1-3H3,(H6,12,13,14,15,16). The molecular formula is C11H18N6O2S. The molecule has 0 spiro atoms. The van der Waals surface area contributed by atoms with Gasteiger partial charge in [0.25, 0.3) is 0 Å². The highest BCUT2D eigenvalue weighted by Crippen LogP contribution is 2.24. The van der Waals surface area contributed by atoms with Crippen LogP contribution in [0.25, 0.3) is 0 Å². The Morgan fingerprint density at radius 3 is 2.30 bits per heavy atom. The highest BCUT2D eigenvalue weighted by Gasteiger charge is 2.19. The van der Waals surface area contributed by atoms with Gasteiger partial charge in [0.2, 0.25) is 16.0 Å². The monoisotopic (exact) mass is 298 g/mol. The SMILES string of the molecule is Cc1ccc(N=C(N)N=C(N)N)cc1S(=O)(=O)N(C)C. The van der Waals surface area contributed by atoms with E-state index in [1.54, 1.807) is 19.1 Å². The van der Waals surface area contributed by atoms with Gasteiger partial charge in [-0.1, -0.05) is 6.07 Å². The molecule has 0 aromatic heterocycles. The minimum absolute atomic E-state index is 0.151. The summed E-state index contributed by atoms with van der Waals surface area (Å²) in [5.74, 6) is -0.374. The van der Waals surface area contributed by atoms with Gasteiger partial charge in [0.05, 0.1) is 10.6 Å². The average Bonchev–Trinajstić information content (AvgIpc) is 2.30. The molecule has 0 aliphatic carbocycles. The van der Waals surface area contributed by atoms with Gasteiger partial charge in [-0.3, -0.25) is 0 Å². The first-order valence-corrected chi connectivity index (χ1v) is 7.05. The number of aliphatic imine (C=N–C) groups is 2. The molecule has 1 aromatic carbocycles. The number of hydrogen-bond donors (Lipinski definition) is 3. The van der Waals surface area contributed by atoms with Gasteiger partial charge in [-0.2, -0.15) is 4.99 Å². The first-order valence-electron chi connectivity index (χ1n) is 5.61. The van der Waals surface area contributed by atoms with E-state index in [1.165, 1.54) is 20.2 Å². The second-order valence-electron chi connectivity index (χ2n) is 4.24. The van der Waals surface area contributed by atoms with E-state index in [9.17, 15) is 8.42 Å². The number of nitrogens with zero attached hydrogens (tertiary/aromatic N) is 3. The fourth-order valence-electron chi connectivity index (χ4n) is 1.42. The molecule has 0 aliphatic heterocycles. The van der Waals surface area contributed by atoms with Crippen LogP contribution >= 0.6 is 0 Å². The van der Waals surface area contributed by atoms with Crippen LogP contribution in [-0.2, 0) is 10.0 Å². The number of aryl methyl sites for hydroxylation is 1. The van der Waals surface area contributed by atoms with E-state index in [0.717, 1.165) is 4.31 Å². The van der Waals surface area contributed by atoms with Crippen LogP contribution in [-0.4, -0.2) is 38.7 Å². The Bertz CT molecular complexity index is 659. The van der Waals surface area contributed by atoms with Crippen LogP contribution in [0.3, 0.4) is 0 Å². The lowest BCUT2D eigenvalue weighted by molar-refractivity contribution is 0.520. The van der Waals surface area contributed by atoms with Crippen molar-refractivity contribution in [1.82, 2.24) is 4.31 Å². The van der Waals surface area contributed by atoms with Crippen LogP contribution < -0.4 is 17.2 Å². The fraction of sp³-hybridized carbons (Fsp3) is 0.273. The van der Waals surface area contributed by atoms with E-state index in [0.29, 0.717) is 11.3 Å². The zero-order chi connectivity index (χ0) is 15.5. The summed E-state index contributed by atoms with van der Waals surface area (Å²) in [4.78, 5) is 7.65. The second-order valence-corrected chi connectivity index (χ2v) is 6.36. The normalized spacial score (nSPS) is 12.5. The van der Waals surface area contributed by atoms with E-state index < -0.39 is 10.0 Å². The first-order chi connectivity index (χ1) is 9.14. The molecule has 9 heteroatoms. The fourth-order valence-corrected chi connectivity index (χ4v) is 2.56. The smallest absolute Gasteiger partial charge is 0.242 e. The van der Waals surface area contributed by atoms with Crippen LogP contribution in [0.1, 0.15) is 5.56 Å². The molecule has 110 valence electrons. The van der Waals surface area contributed by atoms with Gasteiger partial charge < -0.3 is 17.2 Å². The molecule has 1 rings (SSSR count). The van der Waals surface area contributed by atoms with Crippen LogP contribution in [0.15, 0.2) is 33.1 Å². The lowest BCUT2D eigenvalue weighted by Gasteiger charge is -2.13. The van der Waals surface area contributed by atoms with Crippen LogP contribution in [0.4, 0.5) is 5.69 Å². The van der Waals surface area contributed by atoms with Gasteiger partial charge in [-0.15, -0.1) is 0 Å². The quantitative estimate of drug-likeness (QED) is 0.508. The van der Waals surface area contributed by atoms with Gasteiger partial charge in [0, 0.05) is 14.1 Å². The van der Waals surface area contributed by atoms with E-state index in [2.05, 4.69) is 9.98 Å². The van der Waals surface area contributed by atoms with Crippen molar-refractivity contribution >= 4 is 27.6 Å². The molecule has 0 bridgehead atoms. The number of sulfonamides is 1. The van der Waals surface area contributed by atoms with Crippen LogP contribution in [0, 0.1) is 6.92 Å². The van der Waals surface area contributed by atoms with Crippen molar-refractivity contribution in [1.29, 1.82) is 0 Å². The zero-order valence-electron chi connectivity index (χ0n) is 11.5. The zero-order valence-corrected chi connectivity index (χ0v) is 12.3. The molecule has 0 heterocycles. The van der Waals surface area contributed by atoms with Crippen molar-refractivity contribution < 1.29 is 8.42 Å². The molecule has 8 nitrogen and oxygen atoms in total. The average molecular weight is 298 g/mol. The molecule has 1 aromatic rings. The first kappa shape index (κ1) is 15.9. The molecule has 0 aliphatic rings. The molecule has 0 atom stereocenters. The summed E-state index contributed by atoms with van der Waals surface area (Å²) in [7, 11) is -0.637. The summed E-state index contributed by atoms with van der Waals surface area (Å²) in [6.45, 7) is 1.70. The minimum atomic E-state index is -3.55. The Labute approximate surface area is 118 Å². The Kier molecular flexibility index (Phi) is 4.69. The van der Waals surface area contributed by atoms with E-state index in [1.807, 2.05) is 0 Å². The lowest BCUT2D eigenvalue weighted by Crippen LogP contribution is -2.26. The maximum absolute atomic E-state index is 12.1. The predicted molar refractivity (Wildman–Crippen MR) is 79.1 cm³/mol. The summed E-state index contributed by atoms with van der Waals surface area (Å²) >= 11 is 0. The second kappa shape index (κ2) is 5.88. The van der Waals surface area contributed by atoms with Gasteiger partial charge >= 0.3 is 0 Å². The molecule has 0 amide bonds. The molecule has 0 fully saturated rings. The molecule has 0 radical (unpaired) electrons. The van der Waals surface area contributed by atoms with E-state index >= 15 is 0 Å². The predicted octanol–water partition coefficient (Wildman–Crippen LogP) is -0.535. The largest absolute Gasteiger partial charge is 0.370 e. The van der Waals surface area contributed by atoms with Crippen LogP contribution in [0.5, 0.6) is 0 Å². The Hall–Kier alpha value is -2.13. The molecule has 0 saturated heterocycles. The number of nitrogens with two attached hydrogens (primary N) is 3. The van der Waals surface area contributed by atoms with Gasteiger partial charge in [-0.25, -0.2) is 17.7 Å². The number of rotatable bonds is 3. The van der Waals surface area contributed by atoms with E-state index in [-0.39, 0.29) is 16.8 Å². The topological polar surface area (TPSA) is 140 Å². The van der Waals surface area contributed by atoms with E-state index in [4.69, 9.17) is 17.2 Å². The molecule has 0 unspecified atom stereocenters. The van der Waals surface area contributed by atoms with Crippen molar-refractivity contribution in [3.8, 4) is 0 Å². The molecule has 6 N–H and O–H groups in total. The van der Waals surface area contributed by atoms with Crippen molar-refractivity contribution in [3.63, 3.8) is 0 Å². The highest BCUT2D eigenvalue weighted by molar-refractivity contribution is 7.89. The minimum Gasteiger partial charge on any atom is -0.370 e. The van der Waals surface area contributed by atoms with Crippen LogP contribution in [0.2, 0.25) is 0 Å². The van der Waals surface area contributed by atoms with Gasteiger partial charge in [-0.05, 0) is 24.6 Å². The number of hydrogen-bond acceptors (Lipinski definition) is 3. The summed E-state index contributed by atoms with van der Waals surface area (Å²) < 4.78 is 25.4. The molecule has 0 saturated carbocycles. The van der Waals surface area contributed by atoms with Crippen molar-refractivity contribution in [3.05, 3.63) is 23.8 Å². The van der Waals surface area contributed by atoms with Gasteiger partial charge in [0.1, 0.15) is 0 Å². The van der Waals surface area contributed by atoms with Crippen molar-refractivity contribution in [2.24, 2.45) is 27.2 Å². The third-order valence-electron chi connectivity index (χ3n) is 2.42. The third kappa shape index (κ3) is 3.68. The van der Waals surface area contributed by atoms with Crippen molar-refractivity contribution in [2.75, 3.05) is 14.1 Å². The summed E-state index contributed by atoms with van der Waals surface area (Å²) in [5, 5.41) is 0. The maximum Gasteiger partial charge on any atom is 0.242 e. The summed E-state index contributed by atoms with van der Waals surface area (Å²) in [5.41, 5.74) is 16.8. The summed E-state index contributed by atoms with van der Waals surface area (Å²) in [6, 6.07) is 4.68. The number of benzene rings is 1. The third-order valence-corrected chi connectivity index (χ3v) is 4.37. The Morgan fingerprint density at radius 1 is 1.20 bits per heavy atom. The highest BCUT2D eigenvalue weighted by atomic mass is 32.2. The molecular weight excluding hydrogens is 280 g/mol. The van der Waals surface area contributed by atoms with Gasteiger partial charge in [0.15, 0.2) is 5.96 Å². The maximum atomic E-state index is 12.1. The summed E-state index contributed by atoms with van der Waals surface area (Å²) in [6.07, 6.45) is 0. The Morgan fingerprint density at radius 2 is 1.80 bits per heavy atom. The number of guanidine groups is 2.